The molecule has 5 nitrogen and oxygen atoms in total. The van der Waals surface area contributed by atoms with Crippen LogP contribution in [0.4, 0.5) is 0 Å². The molecule has 2 heterocycles. The quantitative estimate of drug-likeness (QED) is 0.649. The molecule has 1 saturated heterocycles. The second kappa shape index (κ2) is 8.19. The highest BCUT2D eigenvalue weighted by Crippen LogP contribution is 2.32. The molecule has 140 valence electrons. The minimum Gasteiger partial charge on any atom is -0.296 e. The maximum absolute atomic E-state index is 12.9. The van der Waals surface area contributed by atoms with Gasteiger partial charge in [0.2, 0.25) is 10.0 Å². The number of aromatic nitrogens is 1. The molecule has 3 rings (SSSR count). The lowest BCUT2D eigenvalue weighted by Gasteiger charge is -2.34. The summed E-state index contributed by atoms with van der Waals surface area (Å²) in [4.78, 5) is 6.01. The average molecular weight is 455 g/mol. The first-order valence-electron chi connectivity index (χ1n) is 7.76. The molecule has 0 unspecified atom stereocenters. The minimum absolute atomic E-state index is 0.0375. The van der Waals surface area contributed by atoms with E-state index in [1.54, 1.807) is 18.2 Å². The van der Waals surface area contributed by atoms with Crippen molar-refractivity contribution in [2.75, 3.05) is 26.2 Å². The summed E-state index contributed by atoms with van der Waals surface area (Å²) in [5.41, 5.74) is 0.931. The van der Waals surface area contributed by atoms with Crippen LogP contribution in [0.5, 0.6) is 0 Å². The average Bonchev–Trinajstić information content (AvgIpc) is 2.54. The van der Waals surface area contributed by atoms with Crippen molar-refractivity contribution in [1.29, 1.82) is 0 Å². The Morgan fingerprint density at radius 1 is 0.923 bits per heavy atom. The lowest BCUT2D eigenvalue weighted by atomic mass is 10.2. The Hall–Kier alpha value is -0.600. The fourth-order valence-electron chi connectivity index (χ4n) is 2.85. The standard InChI is InChI=1S/C16H15Cl4N3O2S/c17-12-2-1-3-13(18)16(12)26(24,25)23-6-4-22(5-7-23)10-11-8-14(19)21-15(20)9-11/h1-3,8-9H,4-7,10H2. The maximum atomic E-state index is 12.9. The highest BCUT2D eigenvalue weighted by Gasteiger charge is 2.31. The van der Waals surface area contributed by atoms with Crippen LogP contribution in [0.3, 0.4) is 0 Å². The molecule has 26 heavy (non-hydrogen) atoms. The van der Waals surface area contributed by atoms with Crippen molar-refractivity contribution in [3.8, 4) is 0 Å². The molecular weight excluding hydrogens is 440 g/mol. The van der Waals surface area contributed by atoms with E-state index in [0.29, 0.717) is 43.0 Å². The van der Waals surface area contributed by atoms with Crippen molar-refractivity contribution in [2.24, 2.45) is 0 Å². The van der Waals surface area contributed by atoms with Gasteiger partial charge in [-0.2, -0.15) is 4.31 Å². The number of rotatable bonds is 4. The Bertz CT molecular complexity index is 875. The van der Waals surface area contributed by atoms with Crippen molar-refractivity contribution < 1.29 is 8.42 Å². The van der Waals surface area contributed by atoms with Crippen LogP contribution in [0.1, 0.15) is 5.56 Å². The lowest BCUT2D eigenvalue weighted by Crippen LogP contribution is -2.48. The van der Waals surface area contributed by atoms with Crippen molar-refractivity contribution in [2.45, 2.75) is 11.4 Å². The van der Waals surface area contributed by atoms with Crippen molar-refractivity contribution >= 4 is 56.4 Å². The van der Waals surface area contributed by atoms with Crippen molar-refractivity contribution in [1.82, 2.24) is 14.2 Å². The van der Waals surface area contributed by atoms with Gasteiger partial charge in [0.05, 0.1) is 10.0 Å². The van der Waals surface area contributed by atoms with E-state index in [1.807, 2.05) is 0 Å². The van der Waals surface area contributed by atoms with Crippen LogP contribution in [-0.2, 0) is 16.6 Å². The summed E-state index contributed by atoms with van der Waals surface area (Å²) in [6.45, 7) is 2.44. The monoisotopic (exact) mass is 453 g/mol. The molecule has 0 bridgehead atoms. The number of nitrogens with zero attached hydrogens (tertiary/aromatic N) is 3. The summed E-state index contributed by atoms with van der Waals surface area (Å²) in [7, 11) is -3.74. The van der Waals surface area contributed by atoms with E-state index in [0.717, 1.165) is 5.56 Å². The SMILES string of the molecule is O=S(=O)(c1c(Cl)cccc1Cl)N1CCN(Cc2cc(Cl)nc(Cl)c2)CC1. The number of halogens is 4. The second-order valence-corrected chi connectivity index (χ2v) is 9.32. The highest BCUT2D eigenvalue weighted by atomic mass is 35.5. The molecular formula is C16H15Cl4N3O2S. The summed E-state index contributed by atoms with van der Waals surface area (Å²) < 4.78 is 27.2. The smallest absolute Gasteiger partial charge is 0.246 e. The first-order valence-corrected chi connectivity index (χ1v) is 10.7. The number of hydrogen-bond donors (Lipinski definition) is 0. The van der Waals surface area contributed by atoms with Crippen LogP contribution in [0.15, 0.2) is 35.2 Å². The fourth-order valence-corrected chi connectivity index (χ4v) is 5.87. The number of piperazine rings is 1. The van der Waals surface area contributed by atoms with E-state index in [4.69, 9.17) is 46.4 Å². The van der Waals surface area contributed by atoms with Crippen LogP contribution in [0, 0.1) is 0 Å². The Balaban J connectivity index is 1.70. The lowest BCUT2D eigenvalue weighted by molar-refractivity contribution is 0.181. The largest absolute Gasteiger partial charge is 0.296 e. The fraction of sp³-hybridized carbons (Fsp3) is 0.312. The second-order valence-electron chi connectivity index (χ2n) is 5.85. The molecule has 1 aromatic carbocycles. The van der Waals surface area contributed by atoms with Crippen LogP contribution >= 0.6 is 46.4 Å². The zero-order valence-electron chi connectivity index (χ0n) is 13.5. The third kappa shape index (κ3) is 4.44. The van der Waals surface area contributed by atoms with E-state index in [-0.39, 0.29) is 14.9 Å². The van der Waals surface area contributed by atoms with Gasteiger partial charge in [-0.1, -0.05) is 52.5 Å². The van der Waals surface area contributed by atoms with Gasteiger partial charge in [-0.25, -0.2) is 13.4 Å². The van der Waals surface area contributed by atoms with Gasteiger partial charge in [-0.15, -0.1) is 0 Å². The van der Waals surface area contributed by atoms with Gasteiger partial charge in [-0.3, -0.25) is 4.90 Å². The number of benzene rings is 1. The van der Waals surface area contributed by atoms with Crippen molar-refractivity contribution in [3.63, 3.8) is 0 Å². The molecule has 1 aromatic heterocycles. The minimum atomic E-state index is -3.74. The van der Waals surface area contributed by atoms with Gasteiger partial charge in [0, 0.05) is 32.7 Å². The molecule has 10 heteroatoms. The Labute approximate surface area is 172 Å². The van der Waals surface area contributed by atoms with Gasteiger partial charge in [-0.05, 0) is 29.8 Å². The van der Waals surface area contributed by atoms with Crippen LogP contribution in [0.25, 0.3) is 0 Å². The van der Waals surface area contributed by atoms with Gasteiger partial charge in [0.15, 0.2) is 0 Å². The van der Waals surface area contributed by atoms with Gasteiger partial charge < -0.3 is 0 Å². The molecule has 0 aliphatic carbocycles. The van der Waals surface area contributed by atoms with Gasteiger partial charge in [0.25, 0.3) is 0 Å². The third-order valence-corrected chi connectivity index (χ3v) is 7.32. The predicted octanol–water partition coefficient (Wildman–Crippen LogP) is 4.20. The Morgan fingerprint density at radius 2 is 1.46 bits per heavy atom. The van der Waals surface area contributed by atoms with E-state index >= 15 is 0 Å². The van der Waals surface area contributed by atoms with E-state index in [2.05, 4.69) is 9.88 Å². The third-order valence-electron chi connectivity index (χ3n) is 4.08. The molecule has 1 fully saturated rings. The van der Waals surface area contributed by atoms with Crippen LogP contribution < -0.4 is 0 Å². The summed E-state index contributed by atoms with van der Waals surface area (Å²) in [5.74, 6) is 0. The zero-order chi connectivity index (χ0) is 18.9. The first kappa shape index (κ1) is 20.1. The first-order chi connectivity index (χ1) is 12.3. The normalized spacial score (nSPS) is 16.8. The molecule has 1 aliphatic heterocycles. The van der Waals surface area contributed by atoms with Crippen molar-refractivity contribution in [3.05, 3.63) is 56.2 Å². The summed E-state index contributed by atoms with van der Waals surface area (Å²) >= 11 is 24.0. The molecule has 1 aliphatic rings. The molecule has 0 saturated carbocycles. The molecule has 0 spiro atoms. The van der Waals surface area contributed by atoms with E-state index in [1.165, 1.54) is 16.4 Å². The van der Waals surface area contributed by atoms with E-state index in [9.17, 15) is 8.42 Å². The van der Waals surface area contributed by atoms with Crippen LogP contribution in [-0.4, -0.2) is 48.8 Å². The maximum Gasteiger partial charge on any atom is 0.246 e. The van der Waals surface area contributed by atoms with Gasteiger partial charge >= 0.3 is 0 Å². The highest BCUT2D eigenvalue weighted by molar-refractivity contribution is 7.89. The van der Waals surface area contributed by atoms with Gasteiger partial charge in [0.1, 0.15) is 15.2 Å². The molecule has 0 atom stereocenters. The topological polar surface area (TPSA) is 53.5 Å². The zero-order valence-corrected chi connectivity index (χ0v) is 17.3. The predicted molar refractivity (Wildman–Crippen MR) is 105 cm³/mol. The molecule has 0 amide bonds. The summed E-state index contributed by atoms with van der Waals surface area (Å²) in [6.07, 6.45) is 0. The molecule has 0 N–H and O–H groups in total. The number of hydrogen-bond acceptors (Lipinski definition) is 4. The number of sulfonamides is 1. The summed E-state index contributed by atoms with van der Waals surface area (Å²) in [5, 5.41) is 0.922. The molecule has 0 radical (unpaired) electrons. The summed E-state index contributed by atoms with van der Waals surface area (Å²) in [6, 6.07) is 8.16. The molecule has 2 aromatic rings. The van der Waals surface area contributed by atoms with E-state index < -0.39 is 10.0 Å². The Kier molecular flexibility index (Phi) is 6.34. The van der Waals surface area contributed by atoms with Crippen LogP contribution in [0.2, 0.25) is 20.4 Å². The number of pyridine rings is 1. The Morgan fingerprint density at radius 3 is 2.00 bits per heavy atom.